The summed E-state index contributed by atoms with van der Waals surface area (Å²) in [6.07, 6.45) is 0. The number of carbonyl (C=O) groups excluding carboxylic acids is 2. The molecule has 0 saturated heterocycles. The van der Waals surface area contributed by atoms with Crippen molar-refractivity contribution in [3.8, 4) is 11.5 Å². The van der Waals surface area contributed by atoms with E-state index in [0.717, 1.165) is 0 Å². The molecule has 0 fully saturated rings. The minimum Gasteiger partial charge on any atom is -0.465 e. The van der Waals surface area contributed by atoms with E-state index in [9.17, 15) is 9.59 Å². The molecule has 0 aliphatic heterocycles. The van der Waals surface area contributed by atoms with E-state index in [1.54, 1.807) is 36.4 Å². The Morgan fingerprint density at radius 1 is 0.808 bits per heavy atom. The lowest BCUT2D eigenvalue weighted by atomic mass is 10.1. The number of hydrogen-bond acceptors (Lipinski definition) is 4. The van der Waals surface area contributed by atoms with Crippen LogP contribution in [0.5, 0.6) is 11.5 Å². The predicted molar refractivity (Wildman–Crippen MR) is 98.7 cm³/mol. The number of carbonyl (C=O) groups is 2. The first-order valence-electron chi connectivity index (χ1n) is 7.99. The largest absolute Gasteiger partial charge is 0.465 e. The molecule has 0 spiro atoms. The maximum atomic E-state index is 12.6. The highest BCUT2D eigenvalue weighted by molar-refractivity contribution is 6.06. The van der Waals surface area contributed by atoms with Gasteiger partial charge in [0.1, 0.15) is 5.75 Å². The topological polar surface area (TPSA) is 64.6 Å². The maximum Gasteiger partial charge on any atom is 0.337 e. The summed E-state index contributed by atoms with van der Waals surface area (Å²) >= 11 is 0. The molecule has 130 valence electrons. The molecule has 0 bridgehead atoms. The zero-order valence-electron chi connectivity index (χ0n) is 14.1. The van der Waals surface area contributed by atoms with Crippen LogP contribution in [0.2, 0.25) is 0 Å². The number of methoxy groups -OCH3 is 1. The number of anilines is 1. The van der Waals surface area contributed by atoms with Crippen LogP contribution in [0.4, 0.5) is 5.69 Å². The molecular weight excluding hydrogens is 330 g/mol. The Labute approximate surface area is 151 Å². The highest BCUT2D eigenvalue weighted by atomic mass is 16.5. The Morgan fingerprint density at radius 2 is 1.50 bits per heavy atom. The second kappa shape index (κ2) is 7.98. The molecule has 0 heterocycles. The van der Waals surface area contributed by atoms with E-state index in [0.29, 0.717) is 28.3 Å². The van der Waals surface area contributed by atoms with Crippen molar-refractivity contribution in [1.29, 1.82) is 0 Å². The molecule has 0 atom stereocenters. The average molecular weight is 347 g/mol. The van der Waals surface area contributed by atoms with Crippen molar-refractivity contribution >= 4 is 17.6 Å². The van der Waals surface area contributed by atoms with Crippen molar-refractivity contribution in [2.75, 3.05) is 12.4 Å². The number of para-hydroxylation sites is 3. The third-order valence-corrected chi connectivity index (χ3v) is 3.65. The standard InChI is InChI=1S/C21H17NO4/c1-25-21(24)16-9-7-8-15(14-16)20(23)22-18-12-5-6-13-19(18)26-17-10-3-2-4-11-17/h2-14H,1H3,(H,22,23). The normalized spacial score (nSPS) is 10.0. The van der Waals surface area contributed by atoms with Gasteiger partial charge in [-0.25, -0.2) is 4.79 Å². The molecular formula is C21H17NO4. The molecule has 3 aromatic rings. The summed E-state index contributed by atoms with van der Waals surface area (Å²) in [6.45, 7) is 0. The third-order valence-electron chi connectivity index (χ3n) is 3.65. The van der Waals surface area contributed by atoms with Gasteiger partial charge in [0.05, 0.1) is 18.4 Å². The van der Waals surface area contributed by atoms with Gasteiger partial charge < -0.3 is 14.8 Å². The minimum absolute atomic E-state index is 0.314. The van der Waals surface area contributed by atoms with E-state index in [1.807, 2.05) is 36.4 Å². The first-order chi connectivity index (χ1) is 12.7. The van der Waals surface area contributed by atoms with Crippen LogP contribution in [-0.2, 0) is 4.74 Å². The molecule has 5 heteroatoms. The quantitative estimate of drug-likeness (QED) is 0.689. The Hall–Kier alpha value is -3.60. The van der Waals surface area contributed by atoms with E-state index < -0.39 is 5.97 Å². The van der Waals surface area contributed by atoms with Crippen molar-refractivity contribution in [2.45, 2.75) is 0 Å². The van der Waals surface area contributed by atoms with Crippen LogP contribution in [-0.4, -0.2) is 19.0 Å². The van der Waals surface area contributed by atoms with E-state index >= 15 is 0 Å². The number of benzene rings is 3. The molecule has 0 aliphatic carbocycles. The van der Waals surface area contributed by atoms with Gasteiger partial charge >= 0.3 is 5.97 Å². The lowest BCUT2D eigenvalue weighted by Crippen LogP contribution is -2.13. The van der Waals surface area contributed by atoms with Crippen LogP contribution in [0.15, 0.2) is 78.9 Å². The second-order valence-corrected chi connectivity index (χ2v) is 5.44. The summed E-state index contributed by atoms with van der Waals surface area (Å²) in [5.41, 5.74) is 1.20. The molecule has 5 nitrogen and oxygen atoms in total. The molecule has 3 rings (SSSR count). The first kappa shape index (κ1) is 17.2. The molecule has 0 radical (unpaired) electrons. The fourth-order valence-corrected chi connectivity index (χ4v) is 2.37. The zero-order valence-corrected chi connectivity index (χ0v) is 14.1. The van der Waals surface area contributed by atoms with Gasteiger partial charge in [-0.3, -0.25) is 4.79 Å². The van der Waals surface area contributed by atoms with Gasteiger partial charge in [0.25, 0.3) is 5.91 Å². The number of esters is 1. The summed E-state index contributed by atoms with van der Waals surface area (Å²) in [7, 11) is 1.30. The third kappa shape index (κ3) is 4.08. The monoisotopic (exact) mass is 347 g/mol. The predicted octanol–water partition coefficient (Wildman–Crippen LogP) is 4.52. The van der Waals surface area contributed by atoms with Gasteiger partial charge in [-0.15, -0.1) is 0 Å². The van der Waals surface area contributed by atoms with Crippen LogP contribution < -0.4 is 10.1 Å². The number of ether oxygens (including phenoxy) is 2. The molecule has 3 aromatic carbocycles. The van der Waals surface area contributed by atoms with Gasteiger partial charge in [0.15, 0.2) is 5.75 Å². The van der Waals surface area contributed by atoms with E-state index in [1.165, 1.54) is 13.2 Å². The minimum atomic E-state index is -0.493. The summed E-state index contributed by atoms with van der Waals surface area (Å²) < 4.78 is 10.5. The molecule has 0 aliphatic rings. The average Bonchev–Trinajstić information content (AvgIpc) is 2.69. The smallest absolute Gasteiger partial charge is 0.337 e. The highest BCUT2D eigenvalue weighted by Gasteiger charge is 2.13. The Morgan fingerprint density at radius 3 is 2.27 bits per heavy atom. The summed E-state index contributed by atoms with van der Waals surface area (Å²) in [4.78, 5) is 24.2. The molecule has 0 aromatic heterocycles. The van der Waals surface area contributed by atoms with Crippen molar-refractivity contribution in [3.05, 3.63) is 90.0 Å². The van der Waals surface area contributed by atoms with Gasteiger partial charge in [0, 0.05) is 5.56 Å². The summed E-state index contributed by atoms with van der Waals surface area (Å²) in [5, 5.41) is 2.82. The fourth-order valence-electron chi connectivity index (χ4n) is 2.37. The summed E-state index contributed by atoms with van der Waals surface area (Å²) in [5.74, 6) is 0.352. The Bertz CT molecular complexity index is 922. The van der Waals surface area contributed by atoms with Crippen molar-refractivity contribution < 1.29 is 19.1 Å². The fraction of sp³-hybridized carbons (Fsp3) is 0.0476. The van der Waals surface area contributed by atoms with E-state index in [2.05, 4.69) is 10.1 Å². The number of amides is 1. The number of hydrogen-bond donors (Lipinski definition) is 1. The highest BCUT2D eigenvalue weighted by Crippen LogP contribution is 2.29. The van der Waals surface area contributed by atoms with E-state index in [4.69, 9.17) is 4.74 Å². The molecule has 1 amide bonds. The van der Waals surface area contributed by atoms with Gasteiger partial charge in [-0.2, -0.15) is 0 Å². The van der Waals surface area contributed by atoms with Crippen LogP contribution in [0.25, 0.3) is 0 Å². The van der Waals surface area contributed by atoms with Crippen molar-refractivity contribution in [2.24, 2.45) is 0 Å². The van der Waals surface area contributed by atoms with Crippen molar-refractivity contribution in [1.82, 2.24) is 0 Å². The van der Waals surface area contributed by atoms with Gasteiger partial charge in [0.2, 0.25) is 0 Å². The SMILES string of the molecule is COC(=O)c1cccc(C(=O)Nc2ccccc2Oc2ccccc2)c1. The van der Waals surface area contributed by atoms with Crippen LogP contribution in [0.1, 0.15) is 20.7 Å². The molecule has 0 saturated carbocycles. The van der Waals surface area contributed by atoms with Crippen LogP contribution >= 0.6 is 0 Å². The van der Waals surface area contributed by atoms with Gasteiger partial charge in [-0.1, -0.05) is 36.4 Å². The maximum absolute atomic E-state index is 12.6. The Balaban J connectivity index is 1.81. The second-order valence-electron chi connectivity index (χ2n) is 5.44. The van der Waals surface area contributed by atoms with E-state index in [-0.39, 0.29) is 5.91 Å². The molecule has 0 unspecified atom stereocenters. The first-order valence-corrected chi connectivity index (χ1v) is 7.99. The van der Waals surface area contributed by atoms with Crippen molar-refractivity contribution in [3.63, 3.8) is 0 Å². The zero-order chi connectivity index (χ0) is 18.4. The van der Waals surface area contributed by atoms with Crippen LogP contribution in [0.3, 0.4) is 0 Å². The summed E-state index contributed by atoms with van der Waals surface area (Å²) in [6, 6.07) is 22.8. The lowest BCUT2D eigenvalue weighted by Gasteiger charge is -2.12. The molecule has 26 heavy (non-hydrogen) atoms. The number of nitrogens with one attached hydrogen (secondary N) is 1. The molecule has 1 N–H and O–H groups in total. The Kier molecular flexibility index (Phi) is 5.29. The van der Waals surface area contributed by atoms with Crippen LogP contribution in [0, 0.1) is 0 Å². The lowest BCUT2D eigenvalue weighted by molar-refractivity contribution is 0.0600. The van der Waals surface area contributed by atoms with Gasteiger partial charge in [-0.05, 0) is 42.5 Å². The number of rotatable bonds is 5.